The maximum absolute atomic E-state index is 13.5. The van der Waals surface area contributed by atoms with E-state index in [2.05, 4.69) is 4.98 Å². The molecule has 1 fully saturated rings. The Morgan fingerprint density at radius 1 is 1.03 bits per heavy atom. The third-order valence-corrected chi connectivity index (χ3v) is 7.33. The minimum absolute atomic E-state index is 0.0248. The monoisotopic (exact) mass is 548 g/mol. The number of ether oxygens (including phenoxy) is 2. The highest BCUT2D eigenvalue weighted by atomic mass is 35.5. The third-order valence-electron chi connectivity index (χ3n) is 6.08. The molecule has 0 saturated carbocycles. The van der Waals surface area contributed by atoms with Gasteiger partial charge in [-0.3, -0.25) is 14.5 Å². The zero-order chi connectivity index (χ0) is 26.8. The number of aliphatic hydroxyl groups excluding tert-OH is 1. The Morgan fingerprint density at radius 3 is 2.55 bits per heavy atom. The van der Waals surface area contributed by atoms with Gasteiger partial charge in [0.15, 0.2) is 16.6 Å². The third kappa shape index (κ3) is 4.73. The number of aromatic nitrogens is 1. The maximum atomic E-state index is 13.5. The van der Waals surface area contributed by atoms with Gasteiger partial charge in [0, 0.05) is 10.6 Å². The van der Waals surface area contributed by atoms with E-state index in [1.165, 1.54) is 16.2 Å². The largest absolute Gasteiger partial charge is 0.507 e. The van der Waals surface area contributed by atoms with Crippen molar-refractivity contribution in [3.63, 3.8) is 0 Å². The summed E-state index contributed by atoms with van der Waals surface area (Å²) in [6.07, 6.45) is 0.826. The molecule has 1 saturated heterocycles. The fourth-order valence-electron chi connectivity index (χ4n) is 4.38. The Morgan fingerprint density at radius 2 is 1.82 bits per heavy atom. The summed E-state index contributed by atoms with van der Waals surface area (Å²) in [6, 6.07) is 18.3. The second-order valence-electron chi connectivity index (χ2n) is 8.63. The minimum atomic E-state index is -0.939. The Labute approximate surface area is 228 Å². The van der Waals surface area contributed by atoms with E-state index in [4.69, 9.17) is 21.1 Å². The van der Waals surface area contributed by atoms with Crippen LogP contribution in [0.3, 0.4) is 0 Å². The fourth-order valence-corrected chi connectivity index (χ4v) is 5.65. The predicted octanol–water partition coefficient (Wildman–Crippen LogP) is 6.76. The van der Waals surface area contributed by atoms with E-state index in [1.807, 2.05) is 19.9 Å². The van der Waals surface area contributed by atoms with E-state index in [0.29, 0.717) is 51.5 Å². The summed E-state index contributed by atoms with van der Waals surface area (Å²) in [5.41, 5.74) is 1.63. The van der Waals surface area contributed by atoms with Crippen LogP contribution in [-0.2, 0) is 9.59 Å². The van der Waals surface area contributed by atoms with Crippen LogP contribution in [0.5, 0.6) is 11.5 Å². The summed E-state index contributed by atoms with van der Waals surface area (Å²) in [4.78, 5) is 33.0. The maximum Gasteiger partial charge on any atom is 0.301 e. The number of amides is 1. The van der Waals surface area contributed by atoms with Gasteiger partial charge in [-0.15, -0.1) is 0 Å². The number of nitrogens with zero attached hydrogens (tertiary/aromatic N) is 2. The Hall–Kier alpha value is -3.88. The lowest BCUT2D eigenvalue weighted by molar-refractivity contribution is -0.132. The molecule has 1 aliphatic heterocycles. The smallest absolute Gasteiger partial charge is 0.301 e. The van der Waals surface area contributed by atoms with Crippen LogP contribution in [0, 0.1) is 0 Å². The van der Waals surface area contributed by atoms with Crippen molar-refractivity contribution in [2.75, 3.05) is 18.1 Å². The zero-order valence-corrected chi connectivity index (χ0v) is 22.4. The normalized spacial score (nSPS) is 16.8. The van der Waals surface area contributed by atoms with Crippen molar-refractivity contribution >= 4 is 55.7 Å². The molecule has 0 bridgehead atoms. The van der Waals surface area contributed by atoms with Crippen molar-refractivity contribution in [1.82, 2.24) is 4.98 Å². The van der Waals surface area contributed by atoms with Gasteiger partial charge >= 0.3 is 5.91 Å². The van der Waals surface area contributed by atoms with E-state index in [0.717, 1.165) is 11.1 Å². The van der Waals surface area contributed by atoms with Gasteiger partial charge in [-0.1, -0.05) is 66.3 Å². The van der Waals surface area contributed by atoms with Crippen LogP contribution in [0.1, 0.15) is 37.4 Å². The molecule has 0 spiro atoms. The molecule has 194 valence electrons. The molecule has 5 rings (SSSR count). The summed E-state index contributed by atoms with van der Waals surface area (Å²) in [7, 11) is 0. The lowest BCUT2D eigenvalue weighted by atomic mass is 9.95. The zero-order valence-electron chi connectivity index (χ0n) is 20.8. The molecule has 2 heterocycles. The summed E-state index contributed by atoms with van der Waals surface area (Å²) < 4.78 is 12.5. The number of fused-ring (bicyclic) bond motifs is 1. The number of carbonyl (C=O) groups excluding carboxylic acids is 2. The summed E-state index contributed by atoms with van der Waals surface area (Å²) in [5.74, 6) is -0.781. The van der Waals surface area contributed by atoms with Crippen LogP contribution >= 0.6 is 22.9 Å². The van der Waals surface area contributed by atoms with Crippen LogP contribution < -0.4 is 14.4 Å². The first-order chi connectivity index (χ1) is 18.4. The number of anilines is 1. The van der Waals surface area contributed by atoms with Gasteiger partial charge in [0.1, 0.15) is 5.76 Å². The first-order valence-corrected chi connectivity index (χ1v) is 13.4. The molecule has 38 heavy (non-hydrogen) atoms. The second kappa shape index (κ2) is 10.8. The van der Waals surface area contributed by atoms with E-state index >= 15 is 0 Å². The van der Waals surface area contributed by atoms with E-state index in [-0.39, 0.29) is 11.3 Å². The van der Waals surface area contributed by atoms with Crippen molar-refractivity contribution < 1.29 is 24.2 Å². The molecule has 3 aromatic carbocycles. The van der Waals surface area contributed by atoms with Crippen molar-refractivity contribution in [1.29, 1.82) is 0 Å². The number of halogens is 1. The van der Waals surface area contributed by atoms with Crippen LogP contribution in [0.15, 0.2) is 72.3 Å². The lowest BCUT2D eigenvalue weighted by Gasteiger charge is -2.24. The van der Waals surface area contributed by atoms with Gasteiger partial charge in [-0.05, 0) is 49.2 Å². The fraction of sp³-hybridized carbons (Fsp3) is 0.207. The molecule has 1 aromatic heterocycles. The molecule has 4 aromatic rings. The number of rotatable bonds is 8. The van der Waals surface area contributed by atoms with Crippen LogP contribution in [0.25, 0.3) is 16.0 Å². The molecule has 9 heteroatoms. The van der Waals surface area contributed by atoms with E-state index < -0.39 is 17.7 Å². The lowest BCUT2D eigenvalue weighted by Crippen LogP contribution is -2.29. The molecule has 0 aliphatic carbocycles. The molecular formula is C29H25ClN2O5S. The summed E-state index contributed by atoms with van der Waals surface area (Å²) in [6.45, 7) is 4.79. The average Bonchev–Trinajstić information content (AvgIpc) is 3.45. The Balaban J connectivity index is 1.71. The number of hydrogen-bond acceptors (Lipinski definition) is 7. The van der Waals surface area contributed by atoms with E-state index in [1.54, 1.807) is 60.7 Å². The highest BCUT2D eigenvalue weighted by molar-refractivity contribution is 7.22. The van der Waals surface area contributed by atoms with Crippen molar-refractivity contribution in [2.24, 2.45) is 0 Å². The Kier molecular flexibility index (Phi) is 7.35. The minimum Gasteiger partial charge on any atom is -0.507 e. The summed E-state index contributed by atoms with van der Waals surface area (Å²) >= 11 is 7.42. The standard InChI is InChI=1S/C29H25ClN2O5S/c1-3-14-37-21-13-10-18(15-22(21)36-4-2)25-24(26(33)17-8-6-5-7-9-17)27(34)28(35)32(25)29-31-20-12-11-19(30)16-23(20)38-29/h5-13,15-16,25,33H,3-4,14H2,1-2H3. The molecular weight excluding hydrogens is 524 g/mol. The number of aliphatic hydroxyl groups is 1. The molecule has 1 N–H and O–H groups in total. The van der Waals surface area contributed by atoms with Crippen LogP contribution in [0.2, 0.25) is 5.02 Å². The van der Waals surface area contributed by atoms with Crippen molar-refractivity contribution in [3.05, 3.63) is 88.5 Å². The van der Waals surface area contributed by atoms with Crippen LogP contribution in [-0.4, -0.2) is 35.0 Å². The van der Waals surface area contributed by atoms with Gasteiger partial charge in [0.25, 0.3) is 5.78 Å². The molecule has 1 amide bonds. The van der Waals surface area contributed by atoms with Gasteiger partial charge < -0.3 is 14.6 Å². The summed E-state index contributed by atoms with van der Waals surface area (Å²) in [5, 5.41) is 12.2. The van der Waals surface area contributed by atoms with E-state index in [9.17, 15) is 14.7 Å². The Bertz CT molecular complexity index is 1550. The molecule has 0 radical (unpaired) electrons. The molecule has 7 nitrogen and oxygen atoms in total. The molecule has 1 atom stereocenters. The number of thiazole rings is 1. The number of carbonyl (C=O) groups is 2. The number of Topliss-reactive ketones (excluding diaryl/α,β-unsaturated/α-hetero) is 1. The topological polar surface area (TPSA) is 89.0 Å². The SMILES string of the molecule is CCCOc1ccc(C2C(=C(O)c3ccccc3)C(=O)C(=O)N2c2nc3ccc(Cl)cc3s2)cc1OCC. The predicted molar refractivity (Wildman–Crippen MR) is 149 cm³/mol. The quantitative estimate of drug-likeness (QED) is 0.149. The van der Waals surface area contributed by atoms with Gasteiger partial charge in [-0.25, -0.2) is 4.98 Å². The molecule has 1 aliphatic rings. The second-order valence-corrected chi connectivity index (χ2v) is 10.1. The number of hydrogen-bond donors (Lipinski definition) is 1. The van der Waals surface area contributed by atoms with Crippen molar-refractivity contribution in [3.8, 4) is 11.5 Å². The van der Waals surface area contributed by atoms with Crippen LogP contribution in [0.4, 0.5) is 5.13 Å². The first-order valence-electron chi connectivity index (χ1n) is 12.2. The average molecular weight is 549 g/mol. The van der Waals surface area contributed by atoms with Crippen molar-refractivity contribution in [2.45, 2.75) is 26.3 Å². The number of ketones is 1. The molecule has 1 unspecified atom stereocenters. The highest BCUT2D eigenvalue weighted by Gasteiger charge is 2.48. The van der Waals surface area contributed by atoms with Gasteiger partial charge in [0.2, 0.25) is 0 Å². The first kappa shape index (κ1) is 25.8. The number of benzene rings is 3. The van der Waals surface area contributed by atoms with Gasteiger partial charge in [0.05, 0.1) is 35.0 Å². The van der Waals surface area contributed by atoms with Gasteiger partial charge in [-0.2, -0.15) is 0 Å². The highest BCUT2D eigenvalue weighted by Crippen LogP contribution is 2.46.